The number of hydrogen-bond donors (Lipinski definition) is 0. The second kappa shape index (κ2) is 5.36. The molecule has 1 aliphatic carbocycles. The summed E-state index contributed by atoms with van der Waals surface area (Å²) in [5.41, 5.74) is 0. The van der Waals surface area contributed by atoms with Gasteiger partial charge in [0.15, 0.2) is 0 Å². The van der Waals surface area contributed by atoms with Gasteiger partial charge in [0.2, 0.25) is 0 Å². The molecule has 2 unspecified atom stereocenters. The molecular weight excluding hydrogens is 220 g/mol. The molecule has 1 saturated carbocycles. The standard InChI is InChI=1S/C10H19ClO2S/c1-14(12,13)8-4-6-9-5-2-3-7-10(9)11/h9-10H,2-8H2,1H3. The summed E-state index contributed by atoms with van der Waals surface area (Å²) in [5, 5.41) is 0.281. The highest BCUT2D eigenvalue weighted by Crippen LogP contribution is 2.31. The van der Waals surface area contributed by atoms with Gasteiger partial charge in [0.05, 0.1) is 0 Å². The first kappa shape index (κ1) is 12.3. The van der Waals surface area contributed by atoms with Crippen molar-refractivity contribution in [2.45, 2.75) is 43.9 Å². The van der Waals surface area contributed by atoms with Gasteiger partial charge in [0.25, 0.3) is 0 Å². The molecule has 0 aliphatic heterocycles. The predicted octanol–water partition coefficient (Wildman–Crippen LogP) is 2.61. The highest BCUT2D eigenvalue weighted by molar-refractivity contribution is 7.90. The van der Waals surface area contributed by atoms with E-state index in [1.165, 1.54) is 25.5 Å². The molecule has 0 spiro atoms. The third-order valence-corrected chi connectivity index (χ3v) is 4.51. The number of alkyl halides is 1. The quantitative estimate of drug-likeness (QED) is 0.706. The highest BCUT2D eigenvalue weighted by atomic mass is 35.5. The molecule has 0 saturated heterocycles. The minimum Gasteiger partial charge on any atom is -0.229 e. The Kier molecular flexibility index (Phi) is 4.71. The molecular formula is C10H19ClO2S. The third kappa shape index (κ3) is 4.65. The number of rotatable bonds is 4. The van der Waals surface area contributed by atoms with Gasteiger partial charge in [-0.05, 0) is 31.6 Å². The number of hydrogen-bond acceptors (Lipinski definition) is 2. The SMILES string of the molecule is CS(=O)(=O)CCCC1CCCCC1Cl. The van der Waals surface area contributed by atoms with Crippen LogP contribution >= 0.6 is 11.6 Å². The van der Waals surface area contributed by atoms with Crippen molar-refractivity contribution >= 4 is 21.4 Å². The molecule has 0 N–H and O–H groups in total. The molecule has 1 fully saturated rings. The maximum atomic E-state index is 10.9. The minimum atomic E-state index is -2.79. The van der Waals surface area contributed by atoms with Crippen LogP contribution < -0.4 is 0 Å². The van der Waals surface area contributed by atoms with Gasteiger partial charge in [-0.25, -0.2) is 8.42 Å². The van der Waals surface area contributed by atoms with Crippen LogP contribution in [0.2, 0.25) is 0 Å². The van der Waals surface area contributed by atoms with Crippen molar-refractivity contribution < 1.29 is 8.42 Å². The van der Waals surface area contributed by atoms with E-state index in [0.717, 1.165) is 19.3 Å². The van der Waals surface area contributed by atoms with Crippen molar-refractivity contribution in [1.82, 2.24) is 0 Å². The molecule has 2 atom stereocenters. The van der Waals surface area contributed by atoms with Crippen LogP contribution in [0.3, 0.4) is 0 Å². The summed E-state index contributed by atoms with van der Waals surface area (Å²) in [6.45, 7) is 0. The van der Waals surface area contributed by atoms with Gasteiger partial charge < -0.3 is 0 Å². The van der Waals surface area contributed by atoms with Crippen LogP contribution in [-0.4, -0.2) is 25.8 Å². The zero-order valence-electron chi connectivity index (χ0n) is 8.71. The van der Waals surface area contributed by atoms with Crippen LogP contribution in [0.1, 0.15) is 38.5 Å². The van der Waals surface area contributed by atoms with Crippen LogP contribution in [0.4, 0.5) is 0 Å². The van der Waals surface area contributed by atoms with Gasteiger partial charge in [-0.1, -0.05) is 12.8 Å². The summed E-state index contributed by atoms with van der Waals surface area (Å²) in [4.78, 5) is 0. The maximum Gasteiger partial charge on any atom is 0.147 e. The second-order valence-corrected chi connectivity index (χ2v) is 7.15. The second-order valence-electron chi connectivity index (χ2n) is 4.33. The molecule has 0 aromatic rings. The van der Waals surface area contributed by atoms with Gasteiger partial charge in [0, 0.05) is 17.4 Å². The molecule has 14 heavy (non-hydrogen) atoms. The average Bonchev–Trinajstić information content (AvgIpc) is 2.06. The number of sulfone groups is 1. The molecule has 2 nitrogen and oxygen atoms in total. The first-order chi connectivity index (χ1) is 6.49. The molecule has 0 amide bonds. The summed E-state index contributed by atoms with van der Waals surface area (Å²) in [5.74, 6) is 0.861. The van der Waals surface area contributed by atoms with Crippen LogP contribution in [0.15, 0.2) is 0 Å². The monoisotopic (exact) mass is 238 g/mol. The molecule has 0 heterocycles. The fourth-order valence-electron chi connectivity index (χ4n) is 2.10. The van der Waals surface area contributed by atoms with E-state index in [4.69, 9.17) is 11.6 Å². The fraction of sp³-hybridized carbons (Fsp3) is 1.00. The first-order valence-electron chi connectivity index (χ1n) is 5.31. The Hall–Kier alpha value is 0.240. The normalized spacial score (nSPS) is 29.0. The van der Waals surface area contributed by atoms with Crippen molar-refractivity contribution in [2.24, 2.45) is 5.92 Å². The average molecular weight is 239 g/mol. The van der Waals surface area contributed by atoms with Crippen LogP contribution in [0, 0.1) is 5.92 Å². The van der Waals surface area contributed by atoms with E-state index in [1.54, 1.807) is 0 Å². The van der Waals surface area contributed by atoms with Gasteiger partial charge in [-0.15, -0.1) is 11.6 Å². The summed E-state index contributed by atoms with van der Waals surface area (Å²) >= 11 is 6.18. The minimum absolute atomic E-state index is 0.281. The van der Waals surface area contributed by atoms with E-state index in [9.17, 15) is 8.42 Å². The molecule has 0 aromatic carbocycles. The van der Waals surface area contributed by atoms with E-state index in [2.05, 4.69) is 0 Å². The van der Waals surface area contributed by atoms with Crippen molar-refractivity contribution in [1.29, 1.82) is 0 Å². The molecule has 0 radical (unpaired) electrons. The third-order valence-electron chi connectivity index (χ3n) is 2.91. The molecule has 84 valence electrons. The van der Waals surface area contributed by atoms with Gasteiger partial charge in [-0.2, -0.15) is 0 Å². The number of halogens is 1. The zero-order chi connectivity index (χ0) is 10.6. The highest BCUT2D eigenvalue weighted by Gasteiger charge is 2.22. The van der Waals surface area contributed by atoms with Crippen molar-refractivity contribution in [3.63, 3.8) is 0 Å². The van der Waals surface area contributed by atoms with E-state index in [-0.39, 0.29) is 5.38 Å². The predicted molar refractivity (Wildman–Crippen MR) is 60.5 cm³/mol. The summed E-state index contributed by atoms with van der Waals surface area (Å²) in [6.07, 6.45) is 7.81. The lowest BCUT2D eigenvalue weighted by atomic mass is 9.86. The fourth-order valence-corrected chi connectivity index (χ4v) is 3.19. The Labute approximate surface area is 91.9 Å². The first-order valence-corrected chi connectivity index (χ1v) is 7.80. The lowest BCUT2D eigenvalue weighted by molar-refractivity contribution is 0.343. The van der Waals surface area contributed by atoms with Crippen LogP contribution in [0.5, 0.6) is 0 Å². The largest absolute Gasteiger partial charge is 0.229 e. The molecule has 1 aliphatic rings. The topological polar surface area (TPSA) is 34.1 Å². The zero-order valence-corrected chi connectivity index (χ0v) is 10.3. The van der Waals surface area contributed by atoms with E-state index in [1.807, 2.05) is 0 Å². The molecule has 0 aromatic heterocycles. The Balaban J connectivity index is 2.23. The van der Waals surface area contributed by atoms with Crippen molar-refractivity contribution in [3.05, 3.63) is 0 Å². The maximum absolute atomic E-state index is 10.9. The Morgan fingerprint density at radius 1 is 1.29 bits per heavy atom. The van der Waals surface area contributed by atoms with Crippen LogP contribution in [0.25, 0.3) is 0 Å². The van der Waals surface area contributed by atoms with E-state index in [0.29, 0.717) is 11.7 Å². The Morgan fingerprint density at radius 3 is 2.50 bits per heavy atom. The van der Waals surface area contributed by atoms with Gasteiger partial charge >= 0.3 is 0 Å². The summed E-state index contributed by atoms with van der Waals surface area (Å²) in [6, 6.07) is 0. The van der Waals surface area contributed by atoms with E-state index < -0.39 is 9.84 Å². The lowest BCUT2D eigenvalue weighted by Gasteiger charge is -2.26. The molecule has 4 heteroatoms. The van der Waals surface area contributed by atoms with Crippen molar-refractivity contribution in [2.75, 3.05) is 12.0 Å². The van der Waals surface area contributed by atoms with Gasteiger partial charge in [0.1, 0.15) is 9.84 Å². The van der Waals surface area contributed by atoms with Crippen molar-refractivity contribution in [3.8, 4) is 0 Å². The van der Waals surface area contributed by atoms with E-state index >= 15 is 0 Å². The molecule has 0 bridgehead atoms. The van der Waals surface area contributed by atoms with Gasteiger partial charge in [-0.3, -0.25) is 0 Å². The van der Waals surface area contributed by atoms with Crippen LogP contribution in [-0.2, 0) is 9.84 Å². The lowest BCUT2D eigenvalue weighted by Crippen LogP contribution is -2.20. The Morgan fingerprint density at radius 2 is 1.93 bits per heavy atom. The Bertz CT molecular complexity index is 261. The molecule has 1 rings (SSSR count). The summed E-state index contributed by atoms with van der Waals surface area (Å²) in [7, 11) is -2.79. The smallest absolute Gasteiger partial charge is 0.147 e. The summed E-state index contributed by atoms with van der Waals surface area (Å²) < 4.78 is 21.8.